The summed E-state index contributed by atoms with van der Waals surface area (Å²) in [4.78, 5) is 0. The van der Waals surface area contributed by atoms with E-state index in [0.717, 1.165) is 12.8 Å². The van der Waals surface area contributed by atoms with Crippen LogP contribution in [0, 0.1) is 11.3 Å². The summed E-state index contributed by atoms with van der Waals surface area (Å²) in [6.45, 7) is 6.14. The van der Waals surface area contributed by atoms with Crippen LogP contribution >= 0.6 is 0 Å². The second-order valence-corrected chi connectivity index (χ2v) is 4.91. The topological polar surface area (TPSA) is 62.5 Å². The Morgan fingerprint density at radius 2 is 2.29 bits per heavy atom. The lowest BCUT2D eigenvalue weighted by Gasteiger charge is -2.38. The molecule has 4 unspecified atom stereocenters. The highest BCUT2D eigenvalue weighted by Crippen LogP contribution is 2.31. The molecule has 4 atom stereocenters. The largest absolute Gasteiger partial charge is 0.391 e. The van der Waals surface area contributed by atoms with E-state index in [2.05, 4.69) is 13.0 Å². The van der Waals surface area contributed by atoms with Crippen molar-refractivity contribution in [2.24, 2.45) is 0 Å². The molecule has 1 aliphatic rings. The van der Waals surface area contributed by atoms with Crippen LogP contribution in [0.1, 0.15) is 46.5 Å². The Labute approximate surface area is 104 Å². The fraction of sp³-hybridized carbons (Fsp3) is 0.923. The minimum atomic E-state index is -0.783. The third-order valence-electron chi connectivity index (χ3n) is 3.32. The molecule has 1 rings (SSSR count). The average molecular weight is 241 g/mol. The van der Waals surface area contributed by atoms with E-state index < -0.39 is 11.7 Å². The highest BCUT2D eigenvalue weighted by Gasteiger charge is 2.39. The SMILES string of the molecule is CCCC1CC(C#N)(OC(C)C(C)O)CCO1. The number of rotatable bonds is 5. The Balaban J connectivity index is 2.64. The van der Waals surface area contributed by atoms with Crippen LogP contribution in [0.2, 0.25) is 0 Å². The van der Waals surface area contributed by atoms with Crippen LogP contribution in [0.25, 0.3) is 0 Å². The molecular formula is C13H23NO3. The van der Waals surface area contributed by atoms with Gasteiger partial charge in [0.15, 0.2) is 5.60 Å². The summed E-state index contributed by atoms with van der Waals surface area (Å²) >= 11 is 0. The van der Waals surface area contributed by atoms with Gasteiger partial charge in [0.2, 0.25) is 0 Å². The molecule has 0 radical (unpaired) electrons. The van der Waals surface area contributed by atoms with Crippen LogP contribution in [0.4, 0.5) is 0 Å². The van der Waals surface area contributed by atoms with Crippen LogP contribution < -0.4 is 0 Å². The van der Waals surface area contributed by atoms with Crippen LogP contribution in [0.3, 0.4) is 0 Å². The predicted octanol–water partition coefficient (Wildman–Crippen LogP) is 2.01. The molecule has 0 spiro atoms. The molecule has 0 aromatic rings. The van der Waals surface area contributed by atoms with Gasteiger partial charge in [-0.25, -0.2) is 0 Å². The third-order valence-corrected chi connectivity index (χ3v) is 3.32. The van der Waals surface area contributed by atoms with Gasteiger partial charge in [-0.05, 0) is 20.3 Å². The van der Waals surface area contributed by atoms with Crippen molar-refractivity contribution in [3.63, 3.8) is 0 Å². The van der Waals surface area contributed by atoms with Crippen molar-refractivity contribution in [1.29, 1.82) is 5.26 Å². The molecule has 4 heteroatoms. The van der Waals surface area contributed by atoms with Gasteiger partial charge in [0, 0.05) is 12.8 Å². The first kappa shape index (κ1) is 14.4. The van der Waals surface area contributed by atoms with Crippen LogP contribution in [0.15, 0.2) is 0 Å². The van der Waals surface area contributed by atoms with Crippen molar-refractivity contribution in [3.8, 4) is 6.07 Å². The van der Waals surface area contributed by atoms with E-state index >= 15 is 0 Å². The Morgan fingerprint density at radius 3 is 2.82 bits per heavy atom. The first-order valence-corrected chi connectivity index (χ1v) is 6.41. The summed E-state index contributed by atoms with van der Waals surface area (Å²) in [5.41, 5.74) is -0.783. The lowest BCUT2D eigenvalue weighted by atomic mass is 9.89. The molecule has 0 aliphatic carbocycles. The molecule has 1 N–H and O–H groups in total. The highest BCUT2D eigenvalue weighted by atomic mass is 16.5. The van der Waals surface area contributed by atoms with Crippen molar-refractivity contribution in [1.82, 2.24) is 0 Å². The predicted molar refractivity (Wildman–Crippen MR) is 64.5 cm³/mol. The number of ether oxygens (including phenoxy) is 2. The van der Waals surface area contributed by atoms with Gasteiger partial charge in [-0.3, -0.25) is 0 Å². The van der Waals surface area contributed by atoms with Crippen molar-refractivity contribution in [2.45, 2.75) is 70.4 Å². The molecule has 0 aromatic heterocycles. The van der Waals surface area contributed by atoms with Gasteiger partial charge in [0.25, 0.3) is 0 Å². The van der Waals surface area contributed by atoms with Gasteiger partial charge in [-0.1, -0.05) is 13.3 Å². The summed E-state index contributed by atoms with van der Waals surface area (Å²) in [5.74, 6) is 0. The minimum Gasteiger partial charge on any atom is -0.391 e. The van der Waals surface area contributed by atoms with Gasteiger partial charge >= 0.3 is 0 Å². The zero-order valence-corrected chi connectivity index (χ0v) is 11.0. The molecule has 0 amide bonds. The molecule has 0 aromatic carbocycles. The zero-order valence-electron chi connectivity index (χ0n) is 11.0. The standard InChI is InChI=1S/C13H23NO3/c1-4-5-12-8-13(9-14,6-7-16-12)17-11(3)10(2)15/h10-12,15H,4-8H2,1-3H3. The Morgan fingerprint density at radius 1 is 1.59 bits per heavy atom. The molecule has 17 heavy (non-hydrogen) atoms. The first-order chi connectivity index (χ1) is 8.03. The summed E-state index contributed by atoms with van der Waals surface area (Å²) < 4.78 is 11.4. The molecule has 1 saturated heterocycles. The lowest BCUT2D eigenvalue weighted by Crippen LogP contribution is -2.45. The highest BCUT2D eigenvalue weighted by molar-refractivity contribution is 5.05. The number of aliphatic hydroxyl groups excluding tert-OH is 1. The second kappa shape index (κ2) is 6.34. The molecule has 1 fully saturated rings. The number of aliphatic hydroxyl groups is 1. The number of hydrogen-bond donors (Lipinski definition) is 1. The zero-order chi connectivity index (χ0) is 12.9. The number of nitriles is 1. The molecule has 0 saturated carbocycles. The quantitative estimate of drug-likeness (QED) is 0.799. The summed E-state index contributed by atoms with van der Waals surface area (Å²) in [6.07, 6.45) is 2.40. The summed E-state index contributed by atoms with van der Waals surface area (Å²) in [7, 11) is 0. The minimum absolute atomic E-state index is 0.106. The van der Waals surface area contributed by atoms with Crippen molar-refractivity contribution >= 4 is 0 Å². The Bertz CT molecular complexity index is 272. The van der Waals surface area contributed by atoms with Crippen molar-refractivity contribution < 1.29 is 14.6 Å². The van der Waals surface area contributed by atoms with E-state index in [1.807, 2.05) is 0 Å². The molecule has 1 heterocycles. The normalized spacial score (nSPS) is 32.8. The second-order valence-electron chi connectivity index (χ2n) is 4.91. The molecule has 1 aliphatic heterocycles. The number of nitrogens with zero attached hydrogens (tertiary/aromatic N) is 1. The maximum Gasteiger partial charge on any atom is 0.159 e. The smallest absolute Gasteiger partial charge is 0.159 e. The maximum atomic E-state index is 9.47. The van der Waals surface area contributed by atoms with E-state index in [1.54, 1.807) is 13.8 Å². The summed E-state index contributed by atoms with van der Waals surface area (Å²) in [5, 5.41) is 18.8. The van der Waals surface area contributed by atoms with E-state index in [4.69, 9.17) is 9.47 Å². The first-order valence-electron chi connectivity index (χ1n) is 6.41. The maximum absolute atomic E-state index is 9.47. The Kier molecular flexibility index (Phi) is 5.38. The van der Waals surface area contributed by atoms with Gasteiger partial charge in [-0.2, -0.15) is 5.26 Å². The van der Waals surface area contributed by atoms with Crippen LogP contribution in [-0.4, -0.2) is 35.6 Å². The molecule has 0 bridgehead atoms. The van der Waals surface area contributed by atoms with E-state index in [1.165, 1.54) is 0 Å². The van der Waals surface area contributed by atoms with Crippen LogP contribution in [-0.2, 0) is 9.47 Å². The average Bonchev–Trinajstić information content (AvgIpc) is 2.29. The fourth-order valence-electron chi connectivity index (χ4n) is 2.12. The Hall–Kier alpha value is -0.630. The lowest BCUT2D eigenvalue weighted by molar-refractivity contribution is -0.153. The molecule has 4 nitrogen and oxygen atoms in total. The van der Waals surface area contributed by atoms with Gasteiger partial charge in [0.1, 0.15) is 0 Å². The summed E-state index contributed by atoms with van der Waals surface area (Å²) in [6, 6.07) is 2.28. The fourth-order valence-corrected chi connectivity index (χ4v) is 2.12. The molecular weight excluding hydrogens is 218 g/mol. The van der Waals surface area contributed by atoms with Gasteiger partial charge in [-0.15, -0.1) is 0 Å². The monoisotopic (exact) mass is 241 g/mol. The van der Waals surface area contributed by atoms with Gasteiger partial charge in [0.05, 0.1) is 31.0 Å². The number of hydrogen-bond acceptors (Lipinski definition) is 4. The van der Waals surface area contributed by atoms with E-state index in [0.29, 0.717) is 19.4 Å². The van der Waals surface area contributed by atoms with Crippen molar-refractivity contribution in [3.05, 3.63) is 0 Å². The molecule has 98 valence electrons. The van der Waals surface area contributed by atoms with Crippen molar-refractivity contribution in [2.75, 3.05) is 6.61 Å². The van der Waals surface area contributed by atoms with E-state index in [9.17, 15) is 10.4 Å². The third kappa shape index (κ3) is 3.95. The van der Waals surface area contributed by atoms with Crippen LogP contribution in [0.5, 0.6) is 0 Å². The van der Waals surface area contributed by atoms with Gasteiger partial charge < -0.3 is 14.6 Å². The van der Waals surface area contributed by atoms with E-state index in [-0.39, 0.29) is 12.2 Å².